The van der Waals surface area contributed by atoms with Gasteiger partial charge in [0, 0.05) is 23.6 Å². The third-order valence-electron chi connectivity index (χ3n) is 10.0. The molecule has 9 rings (SSSR count). The van der Waals surface area contributed by atoms with E-state index in [-0.39, 0.29) is 0 Å². The van der Waals surface area contributed by atoms with E-state index in [0.717, 1.165) is 85.3 Å². The molecule has 0 saturated heterocycles. The standard InChI is InChI=1S/C44H36BrN9/c1-2-3-25-40-47-38-23-15-28-46-43(38)52(40)30-31-26-27-37-36(29-31)41(45)53(49-37)39-24-14-13-22-35(39)42-48-51-54(50-42)44(32-16-7-4-8-17-32,33-18-9-5-10-19-33)34-20-11-6-12-21-34/h4-24,26-29H,2-3,25,30H2,1H3. The molecule has 4 heterocycles. The number of hydrogen-bond donors (Lipinski definition) is 0. The third-order valence-corrected chi connectivity index (χ3v) is 10.8. The summed E-state index contributed by atoms with van der Waals surface area (Å²) in [7, 11) is 0. The van der Waals surface area contributed by atoms with E-state index in [0.29, 0.717) is 12.4 Å². The molecule has 0 aliphatic heterocycles. The lowest BCUT2D eigenvalue weighted by atomic mass is 9.77. The zero-order valence-corrected chi connectivity index (χ0v) is 31.3. The summed E-state index contributed by atoms with van der Waals surface area (Å²) in [6, 6.07) is 49.6. The van der Waals surface area contributed by atoms with Crippen LogP contribution in [0.4, 0.5) is 0 Å². The highest BCUT2D eigenvalue weighted by atomic mass is 79.9. The Balaban J connectivity index is 1.13. The summed E-state index contributed by atoms with van der Waals surface area (Å²) in [6.07, 6.45) is 4.93. The van der Waals surface area contributed by atoms with E-state index in [9.17, 15) is 0 Å². The molecule has 0 N–H and O–H groups in total. The summed E-state index contributed by atoms with van der Waals surface area (Å²) in [5, 5.41) is 20.8. The molecule has 5 aromatic carbocycles. The number of fused-ring (bicyclic) bond motifs is 2. The molecule has 0 radical (unpaired) electrons. The number of aromatic nitrogens is 9. The molecule has 0 saturated carbocycles. The van der Waals surface area contributed by atoms with Gasteiger partial charge in [0.2, 0.25) is 5.82 Å². The second-order valence-electron chi connectivity index (χ2n) is 13.3. The van der Waals surface area contributed by atoms with Crippen LogP contribution in [0.25, 0.3) is 39.1 Å². The van der Waals surface area contributed by atoms with Gasteiger partial charge < -0.3 is 4.57 Å². The van der Waals surface area contributed by atoms with Crippen LogP contribution in [0.15, 0.2) is 156 Å². The van der Waals surface area contributed by atoms with Gasteiger partial charge in [0.25, 0.3) is 0 Å². The second kappa shape index (κ2) is 14.3. The van der Waals surface area contributed by atoms with Crippen molar-refractivity contribution >= 4 is 38.0 Å². The zero-order chi connectivity index (χ0) is 36.5. The van der Waals surface area contributed by atoms with Crippen LogP contribution in [0.3, 0.4) is 0 Å². The Labute approximate surface area is 321 Å². The number of aryl methyl sites for hydroxylation is 1. The van der Waals surface area contributed by atoms with Crippen LogP contribution in [0.5, 0.6) is 0 Å². The first-order valence-corrected chi connectivity index (χ1v) is 19.0. The van der Waals surface area contributed by atoms with Crippen LogP contribution in [0, 0.1) is 0 Å². The van der Waals surface area contributed by atoms with Gasteiger partial charge in [-0.2, -0.15) is 5.10 Å². The molecule has 0 atom stereocenters. The molecule has 9 nitrogen and oxygen atoms in total. The fraction of sp³-hybridized carbons (Fsp3) is 0.136. The summed E-state index contributed by atoms with van der Waals surface area (Å²) < 4.78 is 5.01. The van der Waals surface area contributed by atoms with Gasteiger partial charge in [0.05, 0.1) is 17.7 Å². The lowest BCUT2D eigenvalue weighted by Gasteiger charge is -2.34. The van der Waals surface area contributed by atoms with Crippen molar-refractivity contribution in [3.05, 3.63) is 184 Å². The molecule has 9 aromatic rings. The summed E-state index contributed by atoms with van der Waals surface area (Å²) in [5.41, 5.74) is 7.66. The molecule has 0 spiro atoms. The van der Waals surface area contributed by atoms with Gasteiger partial charge in [-0.1, -0.05) is 123 Å². The van der Waals surface area contributed by atoms with Crippen molar-refractivity contribution in [3.8, 4) is 17.1 Å². The maximum Gasteiger partial charge on any atom is 0.207 e. The van der Waals surface area contributed by atoms with E-state index < -0.39 is 5.54 Å². The molecule has 0 bridgehead atoms. The van der Waals surface area contributed by atoms with Crippen molar-refractivity contribution in [1.29, 1.82) is 0 Å². The SMILES string of the molecule is CCCCc1nc2cccnc2n1Cc1ccc2nn(-c3ccccc3-c3nnn(C(c4ccccc4)(c4ccccc4)c4ccccc4)n3)c(Br)c2c1. The first-order chi connectivity index (χ1) is 26.6. The predicted molar refractivity (Wildman–Crippen MR) is 215 cm³/mol. The van der Waals surface area contributed by atoms with E-state index in [1.807, 2.05) is 102 Å². The molecule has 0 unspecified atom stereocenters. The number of pyridine rings is 1. The topological polar surface area (TPSA) is 92.1 Å². The predicted octanol–water partition coefficient (Wildman–Crippen LogP) is 9.42. The maximum absolute atomic E-state index is 5.19. The molecule has 0 aliphatic carbocycles. The smallest absolute Gasteiger partial charge is 0.207 e. The summed E-state index contributed by atoms with van der Waals surface area (Å²) >= 11 is 3.93. The van der Waals surface area contributed by atoms with Crippen LogP contribution in [-0.4, -0.2) is 44.5 Å². The van der Waals surface area contributed by atoms with Gasteiger partial charge in [0.1, 0.15) is 15.9 Å². The first-order valence-electron chi connectivity index (χ1n) is 18.2. The summed E-state index contributed by atoms with van der Waals surface area (Å²) in [6.45, 7) is 2.87. The molecular weight excluding hydrogens is 734 g/mol. The average molecular weight is 771 g/mol. The largest absolute Gasteiger partial charge is 0.308 e. The fourth-order valence-corrected chi connectivity index (χ4v) is 8.02. The van der Waals surface area contributed by atoms with Crippen LogP contribution in [0.2, 0.25) is 0 Å². The van der Waals surface area contributed by atoms with E-state index in [1.54, 1.807) is 4.80 Å². The van der Waals surface area contributed by atoms with Crippen molar-refractivity contribution in [2.45, 2.75) is 38.3 Å². The highest BCUT2D eigenvalue weighted by Crippen LogP contribution is 2.40. The Morgan fingerprint density at radius 2 is 1.35 bits per heavy atom. The van der Waals surface area contributed by atoms with Crippen LogP contribution >= 0.6 is 15.9 Å². The average Bonchev–Trinajstić information content (AvgIpc) is 3.95. The lowest BCUT2D eigenvalue weighted by Crippen LogP contribution is -2.39. The molecule has 54 heavy (non-hydrogen) atoms. The number of benzene rings is 5. The van der Waals surface area contributed by atoms with Crippen molar-refractivity contribution in [2.24, 2.45) is 0 Å². The van der Waals surface area contributed by atoms with Gasteiger partial charge >= 0.3 is 0 Å². The van der Waals surface area contributed by atoms with E-state index in [1.165, 1.54) is 0 Å². The van der Waals surface area contributed by atoms with Gasteiger partial charge in [0.15, 0.2) is 11.2 Å². The number of hydrogen-bond acceptors (Lipinski definition) is 6. The quantitative estimate of drug-likeness (QED) is 0.122. The summed E-state index contributed by atoms with van der Waals surface area (Å²) in [4.78, 5) is 11.4. The minimum Gasteiger partial charge on any atom is -0.308 e. The van der Waals surface area contributed by atoms with E-state index in [2.05, 4.69) is 82.0 Å². The molecule has 0 fully saturated rings. The third kappa shape index (κ3) is 5.79. The number of rotatable bonds is 11. The van der Waals surface area contributed by atoms with Crippen molar-refractivity contribution in [3.63, 3.8) is 0 Å². The Morgan fingerprint density at radius 1 is 0.685 bits per heavy atom. The first kappa shape index (κ1) is 33.6. The fourth-order valence-electron chi connectivity index (χ4n) is 7.44. The number of tetrazole rings is 1. The Hall–Kier alpha value is -6.26. The van der Waals surface area contributed by atoms with Gasteiger partial charge in [-0.05, 0) is 86.2 Å². The Kier molecular flexibility index (Phi) is 8.88. The minimum atomic E-state index is -0.881. The normalized spacial score (nSPS) is 11.8. The van der Waals surface area contributed by atoms with Crippen LogP contribution in [-0.2, 0) is 18.5 Å². The second-order valence-corrected chi connectivity index (χ2v) is 14.1. The van der Waals surface area contributed by atoms with Gasteiger partial charge in [-0.25, -0.2) is 14.6 Å². The number of nitrogens with zero attached hydrogens (tertiary/aromatic N) is 9. The van der Waals surface area contributed by atoms with E-state index >= 15 is 0 Å². The molecule has 0 aliphatic rings. The molecule has 10 heteroatoms. The van der Waals surface area contributed by atoms with Crippen molar-refractivity contribution in [2.75, 3.05) is 0 Å². The zero-order valence-electron chi connectivity index (χ0n) is 29.7. The van der Waals surface area contributed by atoms with Crippen LogP contribution < -0.4 is 0 Å². The van der Waals surface area contributed by atoms with Gasteiger partial charge in [-0.3, -0.25) is 0 Å². The monoisotopic (exact) mass is 769 g/mol. The molecule has 4 aromatic heterocycles. The number of halogens is 1. The molecule has 264 valence electrons. The number of unbranched alkanes of at least 4 members (excludes halogenated alkanes) is 1. The van der Waals surface area contributed by atoms with E-state index in [4.69, 9.17) is 30.5 Å². The number of para-hydroxylation sites is 1. The van der Waals surface area contributed by atoms with Crippen molar-refractivity contribution in [1.82, 2.24) is 44.5 Å². The minimum absolute atomic E-state index is 0.490. The maximum atomic E-state index is 5.19. The summed E-state index contributed by atoms with van der Waals surface area (Å²) in [5.74, 6) is 1.55. The number of imidazole rings is 1. The Bertz CT molecular complexity index is 2600. The molecular formula is C44H36BrN9. The Morgan fingerprint density at radius 3 is 2.04 bits per heavy atom. The van der Waals surface area contributed by atoms with Crippen molar-refractivity contribution < 1.29 is 0 Å². The lowest BCUT2D eigenvalue weighted by molar-refractivity contribution is 0.396. The highest BCUT2D eigenvalue weighted by molar-refractivity contribution is 9.10. The highest BCUT2D eigenvalue weighted by Gasteiger charge is 2.41. The van der Waals surface area contributed by atoms with Crippen LogP contribution in [0.1, 0.15) is 47.8 Å². The molecule has 0 amide bonds. The van der Waals surface area contributed by atoms with Gasteiger partial charge in [-0.15, -0.1) is 15.0 Å².